The Kier molecular flexibility index (Phi) is 4.62. The molecule has 3 nitrogen and oxygen atoms in total. The zero-order valence-corrected chi connectivity index (χ0v) is 11.0. The molecule has 0 bridgehead atoms. The molecule has 98 valence electrons. The van der Waals surface area contributed by atoms with Crippen molar-refractivity contribution in [3.05, 3.63) is 29.8 Å². The summed E-state index contributed by atoms with van der Waals surface area (Å²) >= 11 is 0. The van der Waals surface area contributed by atoms with Crippen LogP contribution in [-0.4, -0.2) is 19.5 Å². The van der Waals surface area contributed by atoms with E-state index in [4.69, 9.17) is 0 Å². The second-order valence-electron chi connectivity index (χ2n) is 5.01. The normalized spacial score (nSPS) is 16.3. The molecule has 0 spiro atoms. The molecule has 18 heavy (non-hydrogen) atoms. The Balaban J connectivity index is 1.90. The van der Waals surface area contributed by atoms with Gasteiger partial charge in [0, 0.05) is 19.3 Å². The molecule has 1 amide bonds. The first-order chi connectivity index (χ1) is 8.81. The van der Waals surface area contributed by atoms with Gasteiger partial charge in [-0.05, 0) is 30.9 Å². The van der Waals surface area contributed by atoms with Crippen molar-refractivity contribution >= 4 is 11.6 Å². The number of carbonyl (C=O) groups excluding carboxylic acids is 1. The third kappa shape index (κ3) is 3.25. The maximum Gasteiger partial charge on any atom is 0.253 e. The van der Waals surface area contributed by atoms with Crippen molar-refractivity contribution in [2.24, 2.45) is 5.92 Å². The van der Waals surface area contributed by atoms with Crippen molar-refractivity contribution in [3.8, 4) is 0 Å². The molecular weight excluding hydrogens is 224 g/mol. The van der Waals surface area contributed by atoms with Crippen molar-refractivity contribution in [2.45, 2.75) is 32.1 Å². The smallest absolute Gasteiger partial charge is 0.253 e. The monoisotopic (exact) mass is 246 g/mol. The lowest BCUT2D eigenvalue weighted by atomic mass is 9.89. The van der Waals surface area contributed by atoms with Crippen LogP contribution in [0.15, 0.2) is 24.3 Å². The number of carbonyl (C=O) groups is 1. The maximum atomic E-state index is 12.1. The number of hydrogen-bond donors (Lipinski definition) is 2. The highest BCUT2D eigenvalue weighted by atomic mass is 16.1. The fourth-order valence-electron chi connectivity index (χ4n) is 2.62. The second-order valence-corrected chi connectivity index (χ2v) is 5.01. The predicted octanol–water partition coefficient (Wildman–Crippen LogP) is 3.04. The summed E-state index contributed by atoms with van der Waals surface area (Å²) in [6.45, 7) is 0.816. The molecule has 0 saturated heterocycles. The van der Waals surface area contributed by atoms with Gasteiger partial charge in [-0.3, -0.25) is 4.79 Å². The Morgan fingerprint density at radius 2 is 1.94 bits per heavy atom. The third-order valence-corrected chi connectivity index (χ3v) is 3.72. The second kappa shape index (κ2) is 6.43. The summed E-state index contributed by atoms with van der Waals surface area (Å²) in [5.74, 6) is 0.704. The van der Waals surface area contributed by atoms with E-state index in [1.54, 1.807) is 0 Å². The van der Waals surface area contributed by atoms with E-state index in [2.05, 4.69) is 10.6 Å². The van der Waals surface area contributed by atoms with Gasteiger partial charge in [0.15, 0.2) is 0 Å². The van der Waals surface area contributed by atoms with Gasteiger partial charge in [-0.2, -0.15) is 0 Å². The van der Waals surface area contributed by atoms with Gasteiger partial charge in [-0.1, -0.05) is 31.4 Å². The van der Waals surface area contributed by atoms with Crippen LogP contribution in [0.5, 0.6) is 0 Å². The fourth-order valence-corrected chi connectivity index (χ4v) is 2.62. The SMILES string of the molecule is CNc1ccccc1C(=O)NCC1CCCCC1. The first-order valence-corrected chi connectivity index (χ1v) is 6.86. The standard InChI is InChI=1S/C15H22N2O/c1-16-14-10-6-5-9-13(14)15(18)17-11-12-7-3-2-4-8-12/h5-6,9-10,12,16H,2-4,7-8,11H2,1H3,(H,17,18). The van der Waals surface area contributed by atoms with Crippen LogP contribution in [-0.2, 0) is 0 Å². The molecule has 0 aliphatic heterocycles. The highest BCUT2D eigenvalue weighted by molar-refractivity contribution is 5.99. The summed E-state index contributed by atoms with van der Waals surface area (Å²) in [6.07, 6.45) is 6.50. The van der Waals surface area contributed by atoms with Crippen LogP contribution < -0.4 is 10.6 Å². The molecule has 0 unspecified atom stereocenters. The van der Waals surface area contributed by atoms with E-state index in [1.165, 1.54) is 32.1 Å². The number of para-hydroxylation sites is 1. The molecule has 1 aliphatic carbocycles. The van der Waals surface area contributed by atoms with E-state index in [1.807, 2.05) is 31.3 Å². The van der Waals surface area contributed by atoms with Gasteiger partial charge in [-0.25, -0.2) is 0 Å². The molecule has 1 saturated carbocycles. The minimum Gasteiger partial charge on any atom is -0.387 e. The van der Waals surface area contributed by atoms with E-state index >= 15 is 0 Å². The summed E-state index contributed by atoms with van der Waals surface area (Å²) in [5, 5.41) is 6.12. The minimum absolute atomic E-state index is 0.0329. The van der Waals surface area contributed by atoms with Crippen molar-refractivity contribution in [2.75, 3.05) is 18.9 Å². The number of rotatable bonds is 4. The highest BCUT2D eigenvalue weighted by Crippen LogP contribution is 2.23. The van der Waals surface area contributed by atoms with Crippen LogP contribution in [0.2, 0.25) is 0 Å². The van der Waals surface area contributed by atoms with E-state index in [0.29, 0.717) is 5.92 Å². The number of nitrogens with one attached hydrogen (secondary N) is 2. The fraction of sp³-hybridized carbons (Fsp3) is 0.533. The highest BCUT2D eigenvalue weighted by Gasteiger charge is 2.15. The molecule has 2 rings (SSSR count). The first kappa shape index (κ1) is 12.9. The van der Waals surface area contributed by atoms with Gasteiger partial charge in [0.25, 0.3) is 5.91 Å². The number of benzene rings is 1. The summed E-state index contributed by atoms with van der Waals surface area (Å²) in [7, 11) is 1.84. The average molecular weight is 246 g/mol. The molecule has 3 heteroatoms. The molecule has 1 fully saturated rings. The zero-order valence-electron chi connectivity index (χ0n) is 11.0. The molecule has 0 aromatic heterocycles. The summed E-state index contributed by atoms with van der Waals surface area (Å²) < 4.78 is 0. The zero-order chi connectivity index (χ0) is 12.8. The van der Waals surface area contributed by atoms with Gasteiger partial charge in [0.05, 0.1) is 5.56 Å². The lowest BCUT2D eigenvalue weighted by molar-refractivity contribution is 0.0944. The minimum atomic E-state index is 0.0329. The Bertz CT molecular complexity index is 397. The van der Waals surface area contributed by atoms with Crippen LogP contribution in [0, 0.1) is 5.92 Å². The van der Waals surface area contributed by atoms with E-state index in [9.17, 15) is 4.79 Å². The van der Waals surface area contributed by atoms with Crippen LogP contribution in [0.4, 0.5) is 5.69 Å². The third-order valence-electron chi connectivity index (χ3n) is 3.72. The average Bonchev–Trinajstić information content (AvgIpc) is 2.45. The largest absolute Gasteiger partial charge is 0.387 e. The van der Waals surface area contributed by atoms with Gasteiger partial charge >= 0.3 is 0 Å². The van der Waals surface area contributed by atoms with E-state index < -0.39 is 0 Å². The molecule has 1 aromatic carbocycles. The van der Waals surface area contributed by atoms with Crippen LogP contribution in [0.1, 0.15) is 42.5 Å². The van der Waals surface area contributed by atoms with Crippen molar-refractivity contribution in [1.82, 2.24) is 5.32 Å². The predicted molar refractivity (Wildman–Crippen MR) is 74.9 cm³/mol. The van der Waals surface area contributed by atoms with Gasteiger partial charge < -0.3 is 10.6 Å². The molecule has 1 aromatic rings. The van der Waals surface area contributed by atoms with Gasteiger partial charge in [0.1, 0.15) is 0 Å². The molecule has 0 heterocycles. The van der Waals surface area contributed by atoms with E-state index in [0.717, 1.165) is 17.8 Å². The molecule has 1 aliphatic rings. The topological polar surface area (TPSA) is 41.1 Å². The first-order valence-electron chi connectivity index (χ1n) is 6.86. The van der Waals surface area contributed by atoms with E-state index in [-0.39, 0.29) is 5.91 Å². The van der Waals surface area contributed by atoms with Crippen LogP contribution in [0.3, 0.4) is 0 Å². The molecule has 0 radical (unpaired) electrons. The number of amides is 1. The van der Waals surface area contributed by atoms with Gasteiger partial charge in [-0.15, -0.1) is 0 Å². The molecule has 0 atom stereocenters. The maximum absolute atomic E-state index is 12.1. The quantitative estimate of drug-likeness (QED) is 0.857. The van der Waals surface area contributed by atoms with Gasteiger partial charge in [0.2, 0.25) is 0 Å². The van der Waals surface area contributed by atoms with Crippen molar-refractivity contribution < 1.29 is 4.79 Å². The Morgan fingerprint density at radius 3 is 2.67 bits per heavy atom. The lowest BCUT2D eigenvalue weighted by Crippen LogP contribution is -2.30. The Labute approximate surface area is 109 Å². The summed E-state index contributed by atoms with van der Waals surface area (Å²) in [6, 6.07) is 7.62. The van der Waals surface area contributed by atoms with Crippen LogP contribution >= 0.6 is 0 Å². The van der Waals surface area contributed by atoms with Crippen LogP contribution in [0.25, 0.3) is 0 Å². The molecule has 2 N–H and O–H groups in total. The summed E-state index contributed by atoms with van der Waals surface area (Å²) in [5.41, 5.74) is 1.62. The number of hydrogen-bond acceptors (Lipinski definition) is 2. The molecular formula is C15H22N2O. The summed E-state index contributed by atoms with van der Waals surface area (Å²) in [4.78, 5) is 12.1. The Morgan fingerprint density at radius 1 is 1.22 bits per heavy atom. The van der Waals surface area contributed by atoms with Crippen molar-refractivity contribution in [1.29, 1.82) is 0 Å². The lowest BCUT2D eigenvalue weighted by Gasteiger charge is -2.22. The Hall–Kier alpha value is -1.51. The number of anilines is 1. The van der Waals surface area contributed by atoms with Crippen molar-refractivity contribution in [3.63, 3.8) is 0 Å².